The Morgan fingerprint density at radius 3 is 2.29 bits per heavy atom. The van der Waals surface area contributed by atoms with Crippen LogP contribution in [-0.2, 0) is 10.0 Å². The van der Waals surface area contributed by atoms with Crippen molar-refractivity contribution in [2.75, 3.05) is 5.32 Å². The number of carbonyl (C=O) groups is 1. The van der Waals surface area contributed by atoms with Crippen molar-refractivity contribution in [1.82, 2.24) is 5.32 Å². The van der Waals surface area contributed by atoms with Crippen LogP contribution in [-0.4, -0.2) is 14.4 Å². The van der Waals surface area contributed by atoms with E-state index in [9.17, 15) is 13.2 Å². The molecule has 2 amide bonds. The van der Waals surface area contributed by atoms with Gasteiger partial charge in [-0.05, 0) is 42.8 Å². The van der Waals surface area contributed by atoms with Gasteiger partial charge in [0.2, 0.25) is 10.0 Å². The molecule has 0 fully saturated rings. The number of primary sulfonamides is 1. The summed E-state index contributed by atoms with van der Waals surface area (Å²) in [6.45, 7) is 1.76. The maximum absolute atomic E-state index is 12.0. The van der Waals surface area contributed by atoms with Gasteiger partial charge in [0.15, 0.2) is 0 Å². The lowest BCUT2D eigenvalue weighted by molar-refractivity contribution is 0.249. The fourth-order valence-electron chi connectivity index (χ4n) is 1.98. The summed E-state index contributed by atoms with van der Waals surface area (Å²) in [5.41, 5.74) is 1.15. The van der Waals surface area contributed by atoms with E-state index in [0.29, 0.717) is 15.7 Å². The van der Waals surface area contributed by atoms with E-state index >= 15 is 0 Å². The zero-order chi connectivity index (χ0) is 17.9. The lowest BCUT2D eigenvalue weighted by Crippen LogP contribution is -2.31. The molecule has 2 rings (SSSR count). The van der Waals surface area contributed by atoms with E-state index in [0.717, 1.165) is 5.56 Å². The average molecular weight is 388 g/mol. The first-order chi connectivity index (χ1) is 11.2. The van der Waals surface area contributed by atoms with Crippen molar-refractivity contribution >= 4 is 44.9 Å². The Hall–Kier alpha value is -1.80. The summed E-state index contributed by atoms with van der Waals surface area (Å²) in [7, 11) is -3.74. The zero-order valence-corrected chi connectivity index (χ0v) is 14.9. The second-order valence-corrected chi connectivity index (χ2v) is 7.46. The Kier molecular flexibility index (Phi) is 5.71. The van der Waals surface area contributed by atoms with Crippen LogP contribution in [0.15, 0.2) is 47.4 Å². The van der Waals surface area contributed by atoms with Crippen molar-refractivity contribution in [2.45, 2.75) is 17.9 Å². The van der Waals surface area contributed by atoms with E-state index in [2.05, 4.69) is 10.6 Å². The summed E-state index contributed by atoms with van der Waals surface area (Å²) in [6, 6.07) is 9.85. The van der Waals surface area contributed by atoms with Crippen molar-refractivity contribution < 1.29 is 13.2 Å². The molecule has 0 aliphatic rings. The van der Waals surface area contributed by atoms with Crippen LogP contribution in [0.2, 0.25) is 10.0 Å². The molecule has 0 bridgehead atoms. The van der Waals surface area contributed by atoms with Crippen LogP contribution in [0.4, 0.5) is 10.5 Å². The minimum atomic E-state index is -3.74. The molecule has 0 aliphatic heterocycles. The van der Waals surface area contributed by atoms with Gasteiger partial charge in [-0.25, -0.2) is 18.4 Å². The average Bonchev–Trinajstić information content (AvgIpc) is 2.49. The summed E-state index contributed by atoms with van der Waals surface area (Å²) in [6.07, 6.45) is 0. The van der Waals surface area contributed by atoms with Gasteiger partial charge in [0, 0.05) is 5.02 Å². The highest BCUT2D eigenvalue weighted by atomic mass is 35.5. The van der Waals surface area contributed by atoms with Crippen molar-refractivity contribution in [1.29, 1.82) is 0 Å². The van der Waals surface area contributed by atoms with Crippen molar-refractivity contribution in [3.8, 4) is 0 Å². The number of hydrogen-bond acceptors (Lipinski definition) is 3. The topological polar surface area (TPSA) is 101 Å². The molecule has 0 aromatic heterocycles. The quantitative estimate of drug-likeness (QED) is 0.747. The van der Waals surface area contributed by atoms with Gasteiger partial charge in [-0.3, -0.25) is 0 Å². The Balaban J connectivity index is 2.03. The Morgan fingerprint density at radius 2 is 1.75 bits per heavy atom. The molecule has 0 spiro atoms. The first-order valence-electron chi connectivity index (χ1n) is 6.82. The van der Waals surface area contributed by atoms with Crippen LogP contribution in [0.5, 0.6) is 0 Å². The minimum absolute atomic E-state index is 0.0100. The van der Waals surface area contributed by atoms with Crippen LogP contribution in [0.25, 0.3) is 0 Å². The Morgan fingerprint density at radius 1 is 1.12 bits per heavy atom. The maximum atomic E-state index is 12.0. The number of urea groups is 1. The van der Waals surface area contributed by atoms with E-state index in [4.69, 9.17) is 28.3 Å². The fourth-order valence-corrected chi connectivity index (χ4v) is 2.95. The van der Waals surface area contributed by atoms with Crippen molar-refractivity contribution in [3.05, 3.63) is 58.1 Å². The van der Waals surface area contributed by atoms with Gasteiger partial charge in [0.25, 0.3) is 0 Å². The SMILES string of the molecule is CC(NC(=O)Nc1ccc(Cl)cc1Cl)c1ccc(S(N)(=O)=O)cc1. The number of nitrogens with two attached hydrogens (primary N) is 1. The van der Waals surface area contributed by atoms with Crippen LogP contribution in [0, 0.1) is 0 Å². The number of benzene rings is 2. The van der Waals surface area contributed by atoms with Gasteiger partial charge in [0.05, 0.1) is 21.6 Å². The van der Waals surface area contributed by atoms with Crippen molar-refractivity contribution in [2.24, 2.45) is 5.14 Å². The number of amides is 2. The number of halogens is 2. The summed E-state index contributed by atoms with van der Waals surface area (Å²) in [4.78, 5) is 12.0. The predicted molar refractivity (Wildman–Crippen MR) is 94.8 cm³/mol. The number of nitrogens with one attached hydrogen (secondary N) is 2. The molecule has 24 heavy (non-hydrogen) atoms. The number of hydrogen-bond donors (Lipinski definition) is 3. The Bertz CT molecular complexity index is 855. The second kappa shape index (κ2) is 7.40. The van der Waals surface area contributed by atoms with E-state index in [1.807, 2.05) is 0 Å². The fraction of sp³-hybridized carbons (Fsp3) is 0.133. The van der Waals surface area contributed by atoms with Crippen LogP contribution < -0.4 is 15.8 Å². The van der Waals surface area contributed by atoms with E-state index in [1.54, 1.807) is 31.2 Å². The van der Waals surface area contributed by atoms with Crippen LogP contribution in [0.1, 0.15) is 18.5 Å². The lowest BCUT2D eigenvalue weighted by Gasteiger charge is -2.16. The van der Waals surface area contributed by atoms with E-state index in [-0.39, 0.29) is 10.9 Å². The van der Waals surface area contributed by atoms with Crippen LogP contribution in [0.3, 0.4) is 0 Å². The molecule has 1 unspecified atom stereocenters. The molecule has 1 atom stereocenters. The maximum Gasteiger partial charge on any atom is 0.319 e. The summed E-state index contributed by atoms with van der Waals surface area (Å²) < 4.78 is 22.5. The minimum Gasteiger partial charge on any atom is -0.331 e. The molecule has 9 heteroatoms. The highest BCUT2D eigenvalue weighted by Crippen LogP contribution is 2.25. The highest BCUT2D eigenvalue weighted by molar-refractivity contribution is 7.89. The second-order valence-electron chi connectivity index (χ2n) is 5.06. The lowest BCUT2D eigenvalue weighted by atomic mass is 10.1. The molecular weight excluding hydrogens is 373 g/mol. The van der Waals surface area contributed by atoms with E-state index < -0.39 is 16.1 Å². The number of carbonyl (C=O) groups excluding carboxylic acids is 1. The number of rotatable bonds is 4. The van der Waals surface area contributed by atoms with Crippen molar-refractivity contribution in [3.63, 3.8) is 0 Å². The normalized spacial score (nSPS) is 12.5. The standard InChI is InChI=1S/C15H15Cl2N3O3S/c1-9(10-2-5-12(6-3-10)24(18,22)23)19-15(21)20-14-7-4-11(16)8-13(14)17/h2-9H,1H3,(H2,18,22,23)(H2,19,20,21). The molecule has 0 saturated carbocycles. The van der Waals surface area contributed by atoms with Gasteiger partial charge >= 0.3 is 6.03 Å². The summed E-state index contributed by atoms with van der Waals surface area (Å²) >= 11 is 11.8. The molecule has 0 radical (unpaired) electrons. The number of sulfonamides is 1. The van der Waals surface area contributed by atoms with Gasteiger partial charge in [-0.2, -0.15) is 0 Å². The smallest absolute Gasteiger partial charge is 0.319 e. The largest absolute Gasteiger partial charge is 0.331 e. The number of anilines is 1. The first-order valence-corrected chi connectivity index (χ1v) is 9.12. The van der Waals surface area contributed by atoms with Gasteiger partial charge < -0.3 is 10.6 Å². The zero-order valence-electron chi connectivity index (χ0n) is 12.6. The molecule has 0 saturated heterocycles. The highest BCUT2D eigenvalue weighted by Gasteiger charge is 2.13. The molecule has 0 heterocycles. The Labute approximate surface area is 150 Å². The van der Waals surface area contributed by atoms with Gasteiger partial charge in [0.1, 0.15) is 0 Å². The predicted octanol–water partition coefficient (Wildman–Crippen LogP) is 3.52. The molecule has 2 aromatic rings. The molecule has 2 aromatic carbocycles. The molecule has 6 nitrogen and oxygen atoms in total. The molecule has 0 aliphatic carbocycles. The van der Waals surface area contributed by atoms with Gasteiger partial charge in [-0.1, -0.05) is 35.3 Å². The monoisotopic (exact) mass is 387 g/mol. The van der Waals surface area contributed by atoms with Crippen LogP contribution >= 0.6 is 23.2 Å². The first kappa shape index (κ1) is 18.5. The molecular formula is C15H15Cl2N3O3S. The summed E-state index contributed by atoms with van der Waals surface area (Å²) in [5.74, 6) is 0. The third-order valence-corrected chi connectivity index (χ3v) is 4.71. The molecule has 128 valence electrons. The van der Waals surface area contributed by atoms with E-state index in [1.165, 1.54) is 18.2 Å². The third kappa shape index (κ3) is 4.85. The third-order valence-electron chi connectivity index (χ3n) is 3.24. The van der Waals surface area contributed by atoms with Gasteiger partial charge in [-0.15, -0.1) is 0 Å². The summed E-state index contributed by atoms with van der Waals surface area (Å²) in [5, 5.41) is 11.2. The molecule has 4 N–H and O–H groups in total.